The molecule has 1 amide bonds. The molecule has 0 aromatic carbocycles. The number of aromatic amines is 1. The summed E-state index contributed by atoms with van der Waals surface area (Å²) in [5, 5.41) is 5.72. The van der Waals surface area contributed by atoms with E-state index in [1.165, 1.54) is 0 Å². The van der Waals surface area contributed by atoms with Gasteiger partial charge < -0.3 is 10.3 Å². The molecule has 2 aromatic heterocycles. The van der Waals surface area contributed by atoms with Gasteiger partial charge in [-0.2, -0.15) is 0 Å². The van der Waals surface area contributed by atoms with Crippen molar-refractivity contribution in [2.45, 2.75) is 13.3 Å². The van der Waals surface area contributed by atoms with Gasteiger partial charge in [-0.05, 0) is 25.3 Å². The summed E-state index contributed by atoms with van der Waals surface area (Å²) in [6.07, 6.45) is 2.38. The van der Waals surface area contributed by atoms with Gasteiger partial charge in [0, 0.05) is 23.7 Å². The maximum absolute atomic E-state index is 12.1. The Bertz CT molecular complexity index is 792. The minimum atomic E-state index is -2.90. The van der Waals surface area contributed by atoms with Gasteiger partial charge in [0.1, 0.15) is 5.69 Å². The van der Waals surface area contributed by atoms with Crippen LogP contribution in [0.5, 0.6) is 0 Å². The molecule has 0 saturated carbocycles. The summed E-state index contributed by atoms with van der Waals surface area (Å²) in [4.78, 5) is 19.4. The molecule has 2 N–H and O–H groups in total. The molecule has 1 saturated heterocycles. The van der Waals surface area contributed by atoms with Crippen molar-refractivity contribution in [1.29, 1.82) is 0 Å². The molecule has 0 radical (unpaired) electrons. The van der Waals surface area contributed by atoms with E-state index in [1.807, 2.05) is 12.3 Å². The highest BCUT2D eigenvalue weighted by atomic mass is 32.2. The summed E-state index contributed by atoms with van der Waals surface area (Å²) >= 11 is 1.56. The lowest BCUT2D eigenvalue weighted by atomic mass is 10.1. The molecular weight excluding hydrogens is 322 g/mol. The second-order valence-corrected chi connectivity index (χ2v) is 8.82. The van der Waals surface area contributed by atoms with Gasteiger partial charge in [-0.15, -0.1) is 11.3 Å². The van der Waals surface area contributed by atoms with E-state index < -0.39 is 9.84 Å². The van der Waals surface area contributed by atoms with E-state index in [2.05, 4.69) is 15.3 Å². The minimum Gasteiger partial charge on any atom is -0.357 e. The normalized spacial score (nSPS) is 20.1. The highest BCUT2D eigenvalue weighted by Gasteiger charge is 2.28. The fourth-order valence-corrected chi connectivity index (χ4v) is 5.02. The quantitative estimate of drug-likeness (QED) is 0.885. The van der Waals surface area contributed by atoms with E-state index in [-0.39, 0.29) is 23.3 Å². The number of hydrogen-bond donors (Lipinski definition) is 2. The van der Waals surface area contributed by atoms with Crippen molar-refractivity contribution in [3.63, 3.8) is 0 Å². The zero-order chi connectivity index (χ0) is 15.7. The lowest BCUT2D eigenvalue weighted by Gasteiger charge is -2.08. The van der Waals surface area contributed by atoms with Crippen LogP contribution in [0.25, 0.3) is 11.3 Å². The summed E-state index contributed by atoms with van der Waals surface area (Å²) in [6.45, 7) is 2.33. The molecule has 3 rings (SSSR count). The monoisotopic (exact) mass is 339 g/mol. The second-order valence-electron chi connectivity index (χ2n) is 5.53. The number of amides is 1. The number of nitrogens with zero attached hydrogens (tertiary/aromatic N) is 1. The van der Waals surface area contributed by atoms with Crippen molar-refractivity contribution >= 4 is 27.1 Å². The first-order chi connectivity index (χ1) is 10.4. The third kappa shape index (κ3) is 3.38. The fraction of sp³-hybridized carbons (Fsp3) is 0.429. The van der Waals surface area contributed by atoms with Crippen LogP contribution in [0.1, 0.15) is 21.9 Å². The van der Waals surface area contributed by atoms with Crippen LogP contribution in [0.15, 0.2) is 17.6 Å². The van der Waals surface area contributed by atoms with Crippen LogP contribution in [0, 0.1) is 12.8 Å². The zero-order valence-electron chi connectivity index (χ0n) is 12.1. The zero-order valence-corrected chi connectivity index (χ0v) is 13.8. The average molecular weight is 339 g/mol. The van der Waals surface area contributed by atoms with Gasteiger partial charge in [0.05, 0.1) is 22.2 Å². The molecule has 22 heavy (non-hydrogen) atoms. The Balaban J connectivity index is 1.60. The first-order valence-electron chi connectivity index (χ1n) is 7.02. The van der Waals surface area contributed by atoms with Gasteiger partial charge in [-0.1, -0.05) is 0 Å². The Morgan fingerprint density at radius 1 is 1.55 bits per heavy atom. The number of nitrogens with one attached hydrogen (secondary N) is 2. The first-order valence-corrected chi connectivity index (χ1v) is 9.72. The number of aromatic nitrogens is 2. The van der Waals surface area contributed by atoms with Gasteiger partial charge in [-0.3, -0.25) is 4.79 Å². The standard InChI is InChI=1S/C14H17N3O3S2/c1-9-17-13(7-21-9)11-4-12(15-6-11)14(18)16-5-10-2-3-22(19,20)8-10/h4,6-7,10,15H,2-3,5,8H2,1H3,(H,16,18). The smallest absolute Gasteiger partial charge is 0.267 e. The molecule has 0 spiro atoms. The highest BCUT2D eigenvalue weighted by molar-refractivity contribution is 7.91. The van der Waals surface area contributed by atoms with Gasteiger partial charge >= 0.3 is 0 Å². The summed E-state index contributed by atoms with van der Waals surface area (Å²) < 4.78 is 22.8. The van der Waals surface area contributed by atoms with Gasteiger partial charge in [0.15, 0.2) is 9.84 Å². The average Bonchev–Trinajstić information content (AvgIpc) is 3.15. The van der Waals surface area contributed by atoms with Crippen LogP contribution in [-0.4, -0.2) is 42.3 Å². The van der Waals surface area contributed by atoms with Gasteiger partial charge in [0.25, 0.3) is 5.91 Å². The Morgan fingerprint density at radius 2 is 2.36 bits per heavy atom. The van der Waals surface area contributed by atoms with E-state index in [9.17, 15) is 13.2 Å². The first kappa shape index (κ1) is 15.2. The molecule has 1 aliphatic heterocycles. The SMILES string of the molecule is Cc1nc(-c2c[nH]c(C(=O)NCC3CCS(=O)(=O)C3)c2)cs1. The Hall–Kier alpha value is -1.67. The Morgan fingerprint density at radius 3 is 3.00 bits per heavy atom. The largest absolute Gasteiger partial charge is 0.357 e. The van der Waals surface area contributed by atoms with Crippen LogP contribution >= 0.6 is 11.3 Å². The molecule has 3 heterocycles. The van der Waals surface area contributed by atoms with Crippen LogP contribution in [0.3, 0.4) is 0 Å². The van der Waals surface area contributed by atoms with Gasteiger partial charge in [-0.25, -0.2) is 13.4 Å². The topological polar surface area (TPSA) is 91.9 Å². The van der Waals surface area contributed by atoms with Crippen LogP contribution in [0.2, 0.25) is 0 Å². The number of sulfone groups is 1. The number of carbonyl (C=O) groups is 1. The molecule has 1 fully saturated rings. The number of aryl methyl sites for hydroxylation is 1. The summed E-state index contributed by atoms with van der Waals surface area (Å²) in [5.74, 6) is 0.192. The van der Waals surface area contributed by atoms with Crippen LogP contribution in [-0.2, 0) is 9.84 Å². The fourth-order valence-electron chi connectivity index (χ4n) is 2.53. The van der Waals surface area contributed by atoms with Crippen molar-refractivity contribution in [3.05, 3.63) is 28.3 Å². The molecule has 2 aromatic rings. The predicted octanol–water partition coefficient (Wildman–Crippen LogP) is 1.61. The van der Waals surface area contributed by atoms with Crippen molar-refractivity contribution < 1.29 is 13.2 Å². The highest BCUT2D eigenvalue weighted by Crippen LogP contribution is 2.22. The molecule has 1 unspecified atom stereocenters. The maximum Gasteiger partial charge on any atom is 0.267 e. The Kier molecular flexibility index (Phi) is 4.05. The second kappa shape index (κ2) is 5.85. The predicted molar refractivity (Wildman–Crippen MR) is 85.7 cm³/mol. The number of H-pyrrole nitrogens is 1. The number of carbonyl (C=O) groups excluding carboxylic acids is 1. The molecular formula is C14H17N3O3S2. The molecule has 8 heteroatoms. The van der Waals surface area contributed by atoms with E-state index in [0.29, 0.717) is 18.7 Å². The molecule has 1 atom stereocenters. The maximum atomic E-state index is 12.1. The van der Waals surface area contributed by atoms with Crippen molar-refractivity contribution in [2.24, 2.45) is 5.92 Å². The molecule has 0 aliphatic carbocycles. The van der Waals surface area contributed by atoms with Crippen molar-refractivity contribution in [3.8, 4) is 11.3 Å². The van der Waals surface area contributed by atoms with Crippen molar-refractivity contribution in [2.75, 3.05) is 18.1 Å². The third-order valence-electron chi connectivity index (χ3n) is 3.72. The summed E-state index contributed by atoms with van der Waals surface area (Å²) in [7, 11) is -2.90. The summed E-state index contributed by atoms with van der Waals surface area (Å²) in [6, 6.07) is 1.76. The number of hydrogen-bond acceptors (Lipinski definition) is 5. The van der Waals surface area contributed by atoms with E-state index in [4.69, 9.17) is 0 Å². The lowest BCUT2D eigenvalue weighted by molar-refractivity contribution is 0.0944. The van der Waals surface area contributed by atoms with E-state index >= 15 is 0 Å². The van der Waals surface area contributed by atoms with Crippen LogP contribution < -0.4 is 5.32 Å². The van der Waals surface area contributed by atoms with Gasteiger partial charge in [0.2, 0.25) is 0 Å². The molecule has 1 aliphatic rings. The summed E-state index contributed by atoms with van der Waals surface area (Å²) in [5.41, 5.74) is 2.18. The molecule has 118 valence electrons. The number of thiazole rings is 1. The minimum absolute atomic E-state index is 0.0181. The third-order valence-corrected chi connectivity index (χ3v) is 6.33. The lowest BCUT2D eigenvalue weighted by Crippen LogP contribution is -2.30. The van der Waals surface area contributed by atoms with Crippen molar-refractivity contribution in [1.82, 2.24) is 15.3 Å². The van der Waals surface area contributed by atoms with E-state index in [0.717, 1.165) is 16.3 Å². The molecule has 0 bridgehead atoms. The number of rotatable bonds is 4. The molecule has 6 nitrogen and oxygen atoms in total. The van der Waals surface area contributed by atoms with Crippen LogP contribution in [0.4, 0.5) is 0 Å². The Labute approximate surface area is 132 Å². The van der Waals surface area contributed by atoms with E-state index in [1.54, 1.807) is 23.6 Å².